The van der Waals surface area contributed by atoms with E-state index >= 15 is 0 Å². The summed E-state index contributed by atoms with van der Waals surface area (Å²) in [5.41, 5.74) is 2.41. The second-order valence-electron chi connectivity index (χ2n) is 8.13. The zero-order valence-corrected chi connectivity index (χ0v) is 16.5. The van der Waals surface area contributed by atoms with Crippen molar-refractivity contribution in [1.29, 1.82) is 0 Å². The molecule has 2 atom stereocenters. The predicted octanol–water partition coefficient (Wildman–Crippen LogP) is 3.42. The Balaban J connectivity index is 1.60. The maximum atomic E-state index is 13.7. The van der Waals surface area contributed by atoms with E-state index in [0.717, 1.165) is 5.56 Å². The Morgan fingerprint density at radius 3 is 2.16 bits per heavy atom. The van der Waals surface area contributed by atoms with Gasteiger partial charge in [0.2, 0.25) is 0 Å². The van der Waals surface area contributed by atoms with Gasteiger partial charge in [-0.2, -0.15) is 0 Å². The number of para-hydroxylation sites is 1. The molecule has 1 spiro atoms. The van der Waals surface area contributed by atoms with Gasteiger partial charge in [-0.1, -0.05) is 72.8 Å². The van der Waals surface area contributed by atoms with Crippen molar-refractivity contribution in [2.45, 2.75) is 18.0 Å². The van der Waals surface area contributed by atoms with Gasteiger partial charge in [0.15, 0.2) is 17.1 Å². The molecule has 1 unspecified atom stereocenters. The Morgan fingerprint density at radius 2 is 1.39 bits per heavy atom. The van der Waals surface area contributed by atoms with E-state index in [-0.39, 0.29) is 23.0 Å². The summed E-state index contributed by atoms with van der Waals surface area (Å²) in [6, 6.07) is 23.5. The molecule has 0 saturated heterocycles. The number of ketones is 2. The second-order valence-corrected chi connectivity index (χ2v) is 8.13. The first-order valence-corrected chi connectivity index (χ1v) is 10.3. The molecule has 3 aliphatic rings. The van der Waals surface area contributed by atoms with Crippen molar-refractivity contribution < 1.29 is 14.4 Å². The largest absolute Gasteiger partial charge is 0.324 e. The van der Waals surface area contributed by atoms with Crippen LogP contribution in [0.2, 0.25) is 0 Å². The molecule has 0 saturated carbocycles. The number of carbonyl (C=O) groups is 3. The number of hydrogen-bond donors (Lipinski definition) is 2. The minimum atomic E-state index is -1.37. The lowest BCUT2D eigenvalue weighted by Gasteiger charge is -2.27. The Kier molecular flexibility index (Phi) is 3.67. The van der Waals surface area contributed by atoms with Crippen LogP contribution in [0.5, 0.6) is 0 Å². The summed E-state index contributed by atoms with van der Waals surface area (Å²) < 4.78 is 0. The van der Waals surface area contributed by atoms with E-state index in [1.54, 1.807) is 24.3 Å². The van der Waals surface area contributed by atoms with E-state index in [1.165, 1.54) is 0 Å². The smallest absolute Gasteiger partial charge is 0.254 e. The summed E-state index contributed by atoms with van der Waals surface area (Å²) in [5, 5.41) is 6.34. The second kappa shape index (κ2) is 6.33. The normalized spacial score (nSPS) is 23.6. The third kappa shape index (κ3) is 2.32. The third-order valence-corrected chi connectivity index (χ3v) is 6.47. The minimum absolute atomic E-state index is 0.187. The lowest BCUT2D eigenvalue weighted by Crippen LogP contribution is -2.50. The van der Waals surface area contributed by atoms with Gasteiger partial charge in [-0.25, -0.2) is 0 Å². The van der Waals surface area contributed by atoms with Crippen LogP contribution >= 0.6 is 0 Å². The first-order chi connectivity index (χ1) is 15.1. The summed E-state index contributed by atoms with van der Waals surface area (Å²) in [6.07, 6.45) is 0.498. The Morgan fingerprint density at radius 1 is 0.742 bits per heavy atom. The summed E-state index contributed by atoms with van der Waals surface area (Å²) in [6.45, 7) is 0. The molecule has 0 fully saturated rings. The Labute approximate surface area is 178 Å². The molecule has 3 aromatic rings. The summed E-state index contributed by atoms with van der Waals surface area (Å²) in [4.78, 5) is 40.8. The van der Waals surface area contributed by atoms with Crippen molar-refractivity contribution in [1.82, 2.24) is 5.32 Å². The number of amides is 1. The molecule has 0 radical (unpaired) electrons. The van der Waals surface area contributed by atoms with Gasteiger partial charge in [-0.3, -0.25) is 19.7 Å². The summed E-state index contributed by atoms with van der Waals surface area (Å²) in [5.74, 6) is -0.773. The number of anilines is 1. The van der Waals surface area contributed by atoms with E-state index in [2.05, 4.69) is 10.6 Å². The first-order valence-electron chi connectivity index (χ1n) is 10.3. The molecule has 2 N–H and O–H groups in total. The van der Waals surface area contributed by atoms with Crippen molar-refractivity contribution in [2.75, 3.05) is 5.32 Å². The molecule has 0 aromatic heterocycles. The number of carbonyl (C=O) groups excluding carboxylic acids is 3. The van der Waals surface area contributed by atoms with Crippen LogP contribution < -0.4 is 10.6 Å². The van der Waals surface area contributed by atoms with E-state index in [0.29, 0.717) is 34.4 Å². The van der Waals surface area contributed by atoms with Gasteiger partial charge in [-0.15, -0.1) is 0 Å². The quantitative estimate of drug-likeness (QED) is 0.684. The van der Waals surface area contributed by atoms with Gasteiger partial charge in [0, 0.05) is 39.6 Å². The SMILES string of the molecule is O=C1C2=C(C(=O)c3ccccc31)C1(N[C@@H]2Cc2ccccc2)C(=O)Nc2ccccc21. The third-order valence-electron chi connectivity index (χ3n) is 6.47. The number of fused-ring (bicyclic) bond motifs is 4. The molecular formula is C26H18N2O3. The lowest BCUT2D eigenvalue weighted by atomic mass is 9.74. The molecule has 2 heterocycles. The standard InChI is InChI=1S/C26H18N2O3/c29-23-16-10-4-5-11-17(16)24(30)22-21(23)20(14-15-8-2-1-3-9-15)28-26(22)18-12-6-7-13-19(18)27-25(26)31/h1-13,20,28H,14H2,(H,27,31)/t20-,26?/m1/s1. The van der Waals surface area contributed by atoms with Gasteiger partial charge < -0.3 is 5.32 Å². The molecule has 150 valence electrons. The minimum Gasteiger partial charge on any atom is -0.324 e. The summed E-state index contributed by atoms with van der Waals surface area (Å²) in [7, 11) is 0. The van der Waals surface area contributed by atoms with Crippen LogP contribution in [0.15, 0.2) is 90.0 Å². The van der Waals surface area contributed by atoms with Gasteiger partial charge >= 0.3 is 0 Å². The molecule has 1 amide bonds. The van der Waals surface area contributed by atoms with Crippen LogP contribution in [0.4, 0.5) is 5.69 Å². The molecule has 31 heavy (non-hydrogen) atoms. The van der Waals surface area contributed by atoms with Crippen LogP contribution in [-0.4, -0.2) is 23.5 Å². The van der Waals surface area contributed by atoms with E-state index in [1.807, 2.05) is 54.6 Å². The highest BCUT2D eigenvalue weighted by Crippen LogP contribution is 2.50. The fourth-order valence-corrected chi connectivity index (χ4v) is 5.16. The van der Waals surface area contributed by atoms with Crippen molar-refractivity contribution >= 4 is 23.2 Å². The van der Waals surface area contributed by atoms with E-state index in [4.69, 9.17) is 0 Å². The van der Waals surface area contributed by atoms with Gasteiger partial charge in [0.1, 0.15) is 0 Å². The monoisotopic (exact) mass is 406 g/mol. The molecule has 1 aliphatic carbocycles. The molecule has 5 heteroatoms. The molecule has 5 nitrogen and oxygen atoms in total. The van der Waals surface area contributed by atoms with Crippen molar-refractivity contribution in [3.63, 3.8) is 0 Å². The fraction of sp³-hybridized carbons (Fsp3) is 0.115. The number of Topliss-reactive ketones (excluding diaryl/α,β-unsaturated/α-hetero) is 2. The zero-order chi connectivity index (χ0) is 21.2. The number of nitrogens with one attached hydrogen (secondary N) is 2. The van der Waals surface area contributed by atoms with Crippen LogP contribution in [0, 0.1) is 0 Å². The van der Waals surface area contributed by atoms with Crippen LogP contribution in [0.3, 0.4) is 0 Å². The average molecular weight is 406 g/mol. The van der Waals surface area contributed by atoms with Crippen LogP contribution in [0.1, 0.15) is 31.8 Å². The molecule has 0 bridgehead atoms. The fourth-order valence-electron chi connectivity index (χ4n) is 5.16. The van der Waals surface area contributed by atoms with E-state index < -0.39 is 11.6 Å². The van der Waals surface area contributed by atoms with Crippen LogP contribution in [0.25, 0.3) is 0 Å². The van der Waals surface area contributed by atoms with Gasteiger partial charge in [0.05, 0.1) is 0 Å². The molecule has 3 aromatic carbocycles. The number of benzene rings is 3. The molecule has 6 rings (SSSR count). The van der Waals surface area contributed by atoms with Crippen molar-refractivity contribution in [2.24, 2.45) is 0 Å². The number of rotatable bonds is 2. The Bertz CT molecular complexity index is 1330. The zero-order valence-electron chi connectivity index (χ0n) is 16.5. The predicted molar refractivity (Wildman–Crippen MR) is 116 cm³/mol. The van der Waals surface area contributed by atoms with Gasteiger partial charge in [-0.05, 0) is 18.1 Å². The maximum Gasteiger partial charge on any atom is 0.254 e. The van der Waals surface area contributed by atoms with Crippen molar-refractivity contribution in [3.05, 3.63) is 112 Å². The first kappa shape index (κ1) is 18.0. The topological polar surface area (TPSA) is 75.3 Å². The molecule has 2 aliphatic heterocycles. The highest BCUT2D eigenvalue weighted by atomic mass is 16.2. The highest BCUT2D eigenvalue weighted by molar-refractivity contribution is 6.32. The maximum absolute atomic E-state index is 13.7. The number of hydrogen-bond acceptors (Lipinski definition) is 4. The summed E-state index contributed by atoms with van der Waals surface area (Å²) >= 11 is 0. The molecular weight excluding hydrogens is 388 g/mol. The lowest BCUT2D eigenvalue weighted by molar-refractivity contribution is -0.120. The van der Waals surface area contributed by atoms with Crippen LogP contribution in [-0.2, 0) is 16.8 Å². The van der Waals surface area contributed by atoms with E-state index in [9.17, 15) is 14.4 Å². The average Bonchev–Trinajstić information content (AvgIpc) is 3.28. The highest BCUT2D eigenvalue weighted by Gasteiger charge is 2.60. The van der Waals surface area contributed by atoms with Crippen molar-refractivity contribution in [3.8, 4) is 0 Å². The Hall–Kier alpha value is -3.83. The van der Waals surface area contributed by atoms with Gasteiger partial charge in [0.25, 0.3) is 5.91 Å².